The van der Waals surface area contributed by atoms with Gasteiger partial charge in [-0.15, -0.1) is 0 Å². The van der Waals surface area contributed by atoms with E-state index < -0.39 is 11.7 Å². The topological polar surface area (TPSA) is 69.2 Å². The number of halogens is 3. The molecule has 186 valence electrons. The van der Waals surface area contributed by atoms with Gasteiger partial charge in [-0.25, -0.2) is 0 Å². The number of ether oxygens (including phenoxy) is 4. The summed E-state index contributed by atoms with van der Waals surface area (Å²) < 4.78 is 63.4. The molecule has 0 amide bonds. The number of rotatable bonds is 9. The zero-order valence-corrected chi connectivity index (χ0v) is 20.2. The quantitative estimate of drug-likeness (QED) is 0.189. The number of benzene rings is 3. The molecular formula is C25H24F3NO5S. The van der Waals surface area contributed by atoms with Crippen LogP contribution in [0.1, 0.15) is 16.7 Å². The van der Waals surface area contributed by atoms with Crippen molar-refractivity contribution in [3.05, 3.63) is 65.2 Å². The number of nitrogens with one attached hydrogen (secondary N) is 1. The number of methoxy groups -OCH3 is 4. The lowest BCUT2D eigenvalue weighted by Gasteiger charge is -2.15. The maximum absolute atomic E-state index is 13.1. The van der Waals surface area contributed by atoms with Gasteiger partial charge in [-0.2, -0.15) is 13.2 Å². The second-order valence-corrected chi connectivity index (χ2v) is 7.98. The van der Waals surface area contributed by atoms with Crippen LogP contribution in [0.3, 0.4) is 0 Å². The molecular weight excluding hydrogens is 483 g/mol. The van der Waals surface area contributed by atoms with Gasteiger partial charge in [-0.3, -0.25) is 0 Å². The lowest BCUT2D eigenvalue weighted by Crippen LogP contribution is -2.04. The highest BCUT2D eigenvalue weighted by Gasteiger charge is 2.30. The van der Waals surface area contributed by atoms with Gasteiger partial charge in [0.2, 0.25) is 5.75 Å². The summed E-state index contributed by atoms with van der Waals surface area (Å²) in [5, 5.41) is 10.7. The van der Waals surface area contributed by atoms with Gasteiger partial charge in [-0.1, -0.05) is 18.2 Å². The zero-order valence-electron chi connectivity index (χ0n) is 19.4. The molecule has 2 N–H and O–H groups in total. The smallest absolute Gasteiger partial charge is 0.416 e. The number of hydrogen-bond donors (Lipinski definition) is 2. The first-order valence-electron chi connectivity index (χ1n) is 10.2. The van der Waals surface area contributed by atoms with E-state index in [9.17, 15) is 18.3 Å². The molecule has 0 unspecified atom stereocenters. The van der Waals surface area contributed by atoms with Gasteiger partial charge >= 0.3 is 6.18 Å². The van der Waals surface area contributed by atoms with Crippen molar-refractivity contribution in [1.29, 1.82) is 0 Å². The largest absolute Gasteiger partial charge is 0.503 e. The summed E-state index contributed by atoms with van der Waals surface area (Å²) in [7, 11) is 5.94. The van der Waals surface area contributed by atoms with Gasteiger partial charge in [0.25, 0.3) is 0 Å². The van der Waals surface area contributed by atoms with Gasteiger partial charge in [0.05, 0.1) is 39.7 Å². The van der Waals surface area contributed by atoms with Crippen LogP contribution in [0.25, 0.3) is 12.2 Å². The van der Waals surface area contributed by atoms with Crippen molar-refractivity contribution in [3.8, 4) is 28.7 Å². The Kier molecular flexibility index (Phi) is 8.29. The predicted molar refractivity (Wildman–Crippen MR) is 131 cm³/mol. The van der Waals surface area contributed by atoms with Crippen molar-refractivity contribution in [1.82, 2.24) is 0 Å². The summed E-state index contributed by atoms with van der Waals surface area (Å²) >= 11 is 0.934. The van der Waals surface area contributed by atoms with Crippen LogP contribution >= 0.6 is 11.9 Å². The fourth-order valence-electron chi connectivity index (χ4n) is 3.23. The van der Waals surface area contributed by atoms with Crippen molar-refractivity contribution < 1.29 is 37.2 Å². The molecule has 0 aliphatic rings. The maximum Gasteiger partial charge on any atom is 0.416 e. The summed E-state index contributed by atoms with van der Waals surface area (Å²) in [4.78, 5) is 0.321. The van der Waals surface area contributed by atoms with Crippen LogP contribution in [0.2, 0.25) is 0 Å². The van der Waals surface area contributed by atoms with Gasteiger partial charge < -0.3 is 28.8 Å². The molecule has 3 rings (SSSR count). The van der Waals surface area contributed by atoms with E-state index in [2.05, 4.69) is 4.72 Å². The number of alkyl halides is 3. The Morgan fingerprint density at radius 1 is 0.829 bits per heavy atom. The van der Waals surface area contributed by atoms with E-state index in [-0.39, 0.29) is 17.2 Å². The Morgan fingerprint density at radius 2 is 1.49 bits per heavy atom. The SMILES string of the molecule is COc1ccc(/C=C\c2cc(OC)c(OC)c(OC)c2)c(NSc2cccc(C(F)(F)F)c2)c1O. The van der Waals surface area contributed by atoms with Crippen molar-refractivity contribution >= 4 is 29.8 Å². The van der Waals surface area contributed by atoms with Crippen LogP contribution in [0, 0.1) is 0 Å². The molecule has 3 aromatic carbocycles. The molecule has 0 aliphatic heterocycles. The number of phenolic OH excluding ortho intramolecular Hbond substituents is 1. The third-order valence-corrected chi connectivity index (χ3v) is 5.76. The molecule has 0 atom stereocenters. The molecule has 10 heteroatoms. The van der Waals surface area contributed by atoms with Crippen LogP contribution in [0.4, 0.5) is 18.9 Å². The minimum Gasteiger partial charge on any atom is -0.503 e. The van der Waals surface area contributed by atoms with Crippen LogP contribution in [0.15, 0.2) is 53.4 Å². The molecule has 0 radical (unpaired) electrons. The molecule has 0 spiro atoms. The second kappa shape index (κ2) is 11.2. The Bertz CT molecular complexity index is 1190. The number of phenols is 1. The molecule has 3 aromatic rings. The Labute approximate surface area is 205 Å². The molecule has 35 heavy (non-hydrogen) atoms. The predicted octanol–water partition coefficient (Wildman–Crippen LogP) is 6.74. The molecule has 0 saturated heterocycles. The van der Waals surface area contributed by atoms with Crippen molar-refractivity contribution in [2.75, 3.05) is 33.2 Å². The van der Waals surface area contributed by atoms with Crippen LogP contribution < -0.4 is 23.7 Å². The van der Waals surface area contributed by atoms with Crippen LogP contribution in [-0.4, -0.2) is 33.5 Å². The van der Waals surface area contributed by atoms with Crippen LogP contribution in [-0.2, 0) is 6.18 Å². The minimum atomic E-state index is -4.46. The molecule has 0 saturated carbocycles. The van der Waals surface area contributed by atoms with Crippen LogP contribution in [0.5, 0.6) is 28.7 Å². The average Bonchev–Trinajstić information content (AvgIpc) is 2.85. The fourth-order valence-corrected chi connectivity index (χ4v) is 3.99. The highest BCUT2D eigenvalue weighted by Crippen LogP contribution is 2.42. The maximum atomic E-state index is 13.1. The molecule has 0 aromatic heterocycles. The third-order valence-electron chi connectivity index (χ3n) is 4.97. The van der Waals surface area contributed by atoms with E-state index in [0.29, 0.717) is 27.7 Å². The van der Waals surface area contributed by atoms with E-state index in [1.54, 1.807) is 36.4 Å². The van der Waals surface area contributed by atoms with Crippen molar-refractivity contribution in [2.45, 2.75) is 11.1 Å². The lowest BCUT2D eigenvalue weighted by molar-refractivity contribution is -0.137. The minimum absolute atomic E-state index is 0.181. The highest BCUT2D eigenvalue weighted by atomic mass is 32.2. The monoisotopic (exact) mass is 507 g/mol. The summed E-state index contributed by atoms with van der Waals surface area (Å²) in [6.45, 7) is 0. The second-order valence-electron chi connectivity index (χ2n) is 7.10. The fraction of sp³-hybridized carbons (Fsp3) is 0.200. The van der Waals surface area contributed by atoms with Gasteiger partial charge in [0, 0.05) is 10.5 Å². The third kappa shape index (κ3) is 6.07. The van der Waals surface area contributed by atoms with E-state index >= 15 is 0 Å². The van der Waals surface area contributed by atoms with Gasteiger partial charge in [0.1, 0.15) is 0 Å². The highest BCUT2D eigenvalue weighted by molar-refractivity contribution is 8.00. The molecule has 0 fully saturated rings. The first kappa shape index (κ1) is 26.0. The average molecular weight is 508 g/mol. The standard InChI is InChI=1S/C25H24F3NO5S/c1-31-19-11-10-16(9-8-15-12-20(32-2)24(34-4)21(13-15)33-3)22(23(19)30)29-35-18-7-5-6-17(14-18)25(26,27)28/h5-14,29-30H,1-4H3/b9-8-. The Hall–Kier alpha value is -3.66. The first-order chi connectivity index (χ1) is 16.7. The van der Waals surface area contributed by atoms with E-state index in [0.717, 1.165) is 29.6 Å². The molecule has 0 heterocycles. The number of hydrogen-bond acceptors (Lipinski definition) is 7. The van der Waals surface area contributed by atoms with E-state index in [1.165, 1.54) is 40.6 Å². The molecule has 6 nitrogen and oxygen atoms in total. The Morgan fingerprint density at radius 3 is 2.06 bits per heavy atom. The van der Waals surface area contributed by atoms with E-state index in [1.807, 2.05) is 0 Å². The number of aromatic hydroxyl groups is 1. The lowest BCUT2D eigenvalue weighted by atomic mass is 10.1. The summed E-state index contributed by atoms with van der Waals surface area (Å²) in [5.74, 6) is 1.43. The van der Waals surface area contributed by atoms with E-state index in [4.69, 9.17) is 18.9 Å². The molecule has 0 bridgehead atoms. The zero-order chi connectivity index (χ0) is 25.6. The summed E-state index contributed by atoms with van der Waals surface area (Å²) in [6.07, 6.45) is -0.955. The normalized spacial score (nSPS) is 11.4. The first-order valence-corrected chi connectivity index (χ1v) is 11.0. The van der Waals surface area contributed by atoms with Gasteiger partial charge in [0.15, 0.2) is 23.0 Å². The number of anilines is 1. The molecule has 0 aliphatic carbocycles. The van der Waals surface area contributed by atoms with Gasteiger partial charge in [-0.05, 0) is 60.0 Å². The van der Waals surface area contributed by atoms with Crippen molar-refractivity contribution in [3.63, 3.8) is 0 Å². The van der Waals surface area contributed by atoms with Crippen molar-refractivity contribution in [2.24, 2.45) is 0 Å². The summed E-state index contributed by atoms with van der Waals surface area (Å²) in [6, 6.07) is 11.7. The Balaban J connectivity index is 1.95. The summed E-state index contributed by atoms with van der Waals surface area (Å²) in [5.41, 5.74) is 0.806.